The first-order valence-corrected chi connectivity index (χ1v) is 6.21. The molecule has 0 aliphatic carbocycles. The first-order valence-electron chi connectivity index (χ1n) is 6.21. The molecule has 3 heteroatoms. The van der Waals surface area contributed by atoms with Crippen LogP contribution in [0.4, 0.5) is 0 Å². The Morgan fingerprint density at radius 1 is 1.38 bits per heavy atom. The summed E-state index contributed by atoms with van der Waals surface area (Å²) in [5, 5.41) is 0. The molecule has 1 saturated heterocycles. The summed E-state index contributed by atoms with van der Waals surface area (Å²) in [4.78, 5) is 13.4. The Balaban J connectivity index is 2.30. The maximum Gasteiger partial charge on any atom is 0.335 e. The van der Waals surface area contributed by atoms with Gasteiger partial charge >= 0.3 is 5.97 Å². The summed E-state index contributed by atoms with van der Waals surface area (Å²) in [6, 6.07) is 0. The van der Waals surface area contributed by atoms with Crippen molar-refractivity contribution >= 4 is 5.97 Å². The van der Waals surface area contributed by atoms with Crippen LogP contribution in [0.25, 0.3) is 0 Å². The molecule has 1 fully saturated rings. The number of esters is 1. The molecule has 0 aromatic carbocycles. The minimum absolute atomic E-state index is 0.121. The molecule has 0 aromatic rings. The maximum absolute atomic E-state index is 11.5. The lowest BCUT2D eigenvalue weighted by Gasteiger charge is -2.07. The van der Waals surface area contributed by atoms with Gasteiger partial charge in [0.1, 0.15) is 6.10 Å². The Hall–Kier alpha value is -0.990. The van der Waals surface area contributed by atoms with Crippen molar-refractivity contribution in [2.45, 2.75) is 51.6 Å². The number of unbranched alkanes of at least 4 members (excludes halogenated alkanes) is 3. The fraction of sp³-hybridized carbons (Fsp3) is 0.769. The van der Waals surface area contributed by atoms with Crippen molar-refractivity contribution < 1.29 is 9.53 Å². The highest BCUT2D eigenvalue weighted by molar-refractivity contribution is 5.90. The fourth-order valence-corrected chi connectivity index (χ4v) is 1.97. The van der Waals surface area contributed by atoms with Gasteiger partial charge < -0.3 is 9.64 Å². The molecule has 0 radical (unpaired) electrons. The van der Waals surface area contributed by atoms with Crippen molar-refractivity contribution in [3.05, 3.63) is 11.8 Å². The average molecular weight is 225 g/mol. The van der Waals surface area contributed by atoms with Crippen LogP contribution in [0.2, 0.25) is 0 Å². The third-order valence-electron chi connectivity index (χ3n) is 2.78. The molecule has 16 heavy (non-hydrogen) atoms. The standard InChI is InChI=1S/C13H23NO2/c1-4-5-6-7-8-12-9-11(10-14(2)3)13(15)16-12/h10,12H,4-9H2,1-3H3. The second kappa shape index (κ2) is 6.56. The van der Waals surface area contributed by atoms with E-state index >= 15 is 0 Å². The molecule has 1 unspecified atom stereocenters. The highest BCUT2D eigenvalue weighted by Crippen LogP contribution is 2.24. The quantitative estimate of drug-likeness (QED) is 0.395. The number of ether oxygens (including phenoxy) is 1. The van der Waals surface area contributed by atoms with E-state index in [1.54, 1.807) is 0 Å². The summed E-state index contributed by atoms with van der Waals surface area (Å²) in [7, 11) is 3.85. The van der Waals surface area contributed by atoms with Crippen LogP contribution < -0.4 is 0 Å². The summed E-state index contributed by atoms with van der Waals surface area (Å²) < 4.78 is 5.32. The van der Waals surface area contributed by atoms with Crippen molar-refractivity contribution in [1.29, 1.82) is 0 Å². The molecule has 1 rings (SSSR count). The zero-order valence-corrected chi connectivity index (χ0v) is 10.7. The third-order valence-corrected chi connectivity index (χ3v) is 2.78. The smallest absolute Gasteiger partial charge is 0.335 e. The van der Waals surface area contributed by atoms with Gasteiger partial charge in [-0.15, -0.1) is 0 Å². The molecule has 0 saturated carbocycles. The summed E-state index contributed by atoms with van der Waals surface area (Å²) in [6.07, 6.45) is 8.72. The van der Waals surface area contributed by atoms with Gasteiger partial charge in [0.15, 0.2) is 0 Å². The van der Waals surface area contributed by atoms with Crippen LogP contribution >= 0.6 is 0 Å². The first-order chi connectivity index (χ1) is 7.63. The van der Waals surface area contributed by atoms with E-state index in [2.05, 4.69) is 6.92 Å². The van der Waals surface area contributed by atoms with Crippen molar-refractivity contribution in [3.8, 4) is 0 Å². The Morgan fingerprint density at radius 3 is 2.75 bits per heavy atom. The molecule has 1 aliphatic heterocycles. The molecule has 0 bridgehead atoms. The predicted molar refractivity (Wildman–Crippen MR) is 65.0 cm³/mol. The van der Waals surface area contributed by atoms with Gasteiger partial charge in [0.2, 0.25) is 0 Å². The van der Waals surface area contributed by atoms with Crippen LogP contribution in [0.5, 0.6) is 0 Å². The van der Waals surface area contributed by atoms with Gasteiger partial charge in [0.25, 0.3) is 0 Å². The van der Waals surface area contributed by atoms with Crippen LogP contribution in [0.3, 0.4) is 0 Å². The lowest BCUT2D eigenvalue weighted by molar-refractivity contribution is -0.139. The number of hydrogen-bond acceptors (Lipinski definition) is 3. The van der Waals surface area contributed by atoms with Crippen molar-refractivity contribution in [2.75, 3.05) is 14.1 Å². The van der Waals surface area contributed by atoms with Gasteiger partial charge in [-0.3, -0.25) is 0 Å². The monoisotopic (exact) mass is 225 g/mol. The van der Waals surface area contributed by atoms with Crippen LogP contribution in [-0.4, -0.2) is 31.1 Å². The molecular formula is C13H23NO2. The van der Waals surface area contributed by atoms with E-state index in [-0.39, 0.29) is 12.1 Å². The summed E-state index contributed by atoms with van der Waals surface area (Å²) in [5.41, 5.74) is 0.811. The Bertz CT molecular complexity index is 259. The highest BCUT2D eigenvalue weighted by atomic mass is 16.5. The molecule has 0 spiro atoms. The van der Waals surface area contributed by atoms with E-state index in [1.165, 1.54) is 25.7 Å². The molecule has 0 aromatic heterocycles. The molecule has 0 N–H and O–H groups in total. The number of nitrogens with zero attached hydrogens (tertiary/aromatic N) is 1. The van der Waals surface area contributed by atoms with Gasteiger partial charge in [0, 0.05) is 26.7 Å². The van der Waals surface area contributed by atoms with Crippen LogP contribution in [0.15, 0.2) is 11.8 Å². The van der Waals surface area contributed by atoms with Crippen molar-refractivity contribution in [2.24, 2.45) is 0 Å². The van der Waals surface area contributed by atoms with E-state index < -0.39 is 0 Å². The van der Waals surface area contributed by atoms with Gasteiger partial charge in [-0.2, -0.15) is 0 Å². The Morgan fingerprint density at radius 2 is 2.12 bits per heavy atom. The number of carbonyl (C=O) groups is 1. The first kappa shape index (κ1) is 13.1. The van der Waals surface area contributed by atoms with Crippen LogP contribution in [0.1, 0.15) is 45.4 Å². The third kappa shape index (κ3) is 4.25. The van der Waals surface area contributed by atoms with Crippen LogP contribution in [0, 0.1) is 0 Å². The number of carbonyl (C=O) groups excluding carboxylic acids is 1. The van der Waals surface area contributed by atoms with Gasteiger partial charge in [-0.25, -0.2) is 4.79 Å². The fourth-order valence-electron chi connectivity index (χ4n) is 1.97. The minimum Gasteiger partial charge on any atom is -0.459 e. The average Bonchev–Trinajstić information content (AvgIpc) is 2.54. The molecule has 3 nitrogen and oxygen atoms in total. The van der Waals surface area contributed by atoms with Crippen molar-refractivity contribution in [3.63, 3.8) is 0 Å². The lowest BCUT2D eigenvalue weighted by atomic mass is 10.1. The summed E-state index contributed by atoms with van der Waals surface area (Å²) in [6.45, 7) is 2.20. The Kier molecular flexibility index (Phi) is 5.36. The second-order valence-corrected chi connectivity index (χ2v) is 4.70. The van der Waals surface area contributed by atoms with Crippen LogP contribution in [-0.2, 0) is 9.53 Å². The number of cyclic esters (lactones) is 1. The van der Waals surface area contributed by atoms with Crippen molar-refractivity contribution in [1.82, 2.24) is 4.90 Å². The maximum atomic E-state index is 11.5. The largest absolute Gasteiger partial charge is 0.459 e. The molecule has 1 heterocycles. The SMILES string of the molecule is CCCCCCC1CC(=CN(C)C)C(=O)O1. The molecule has 1 aliphatic rings. The topological polar surface area (TPSA) is 29.5 Å². The van der Waals surface area contributed by atoms with E-state index in [0.717, 1.165) is 18.4 Å². The zero-order valence-electron chi connectivity index (χ0n) is 10.7. The molecule has 1 atom stereocenters. The predicted octanol–water partition coefficient (Wildman–Crippen LogP) is 2.72. The van der Waals surface area contributed by atoms with E-state index in [1.807, 2.05) is 25.2 Å². The zero-order chi connectivity index (χ0) is 12.0. The normalized spacial score (nSPS) is 22.6. The van der Waals surface area contributed by atoms with E-state index in [9.17, 15) is 4.79 Å². The van der Waals surface area contributed by atoms with Gasteiger partial charge in [-0.1, -0.05) is 26.2 Å². The van der Waals surface area contributed by atoms with E-state index in [0.29, 0.717) is 0 Å². The molecule has 92 valence electrons. The second-order valence-electron chi connectivity index (χ2n) is 4.70. The summed E-state index contributed by atoms with van der Waals surface area (Å²) >= 11 is 0. The number of hydrogen-bond donors (Lipinski definition) is 0. The molecular weight excluding hydrogens is 202 g/mol. The Labute approximate surface area is 98.5 Å². The number of rotatable bonds is 6. The summed E-state index contributed by atoms with van der Waals surface area (Å²) in [5.74, 6) is -0.130. The van der Waals surface area contributed by atoms with Gasteiger partial charge in [0.05, 0.1) is 5.57 Å². The highest BCUT2D eigenvalue weighted by Gasteiger charge is 2.28. The molecule has 0 amide bonds. The lowest BCUT2D eigenvalue weighted by Crippen LogP contribution is -2.06. The minimum atomic E-state index is -0.130. The van der Waals surface area contributed by atoms with E-state index in [4.69, 9.17) is 4.74 Å². The van der Waals surface area contributed by atoms with Gasteiger partial charge in [-0.05, 0) is 12.8 Å².